The number of amides is 1. The molecular formula is C14H20N4O5S. The van der Waals surface area contributed by atoms with Gasteiger partial charge in [-0.05, 0) is 13.8 Å². The van der Waals surface area contributed by atoms with E-state index in [4.69, 9.17) is 9.05 Å². The quantitative estimate of drug-likeness (QED) is 0.855. The summed E-state index contributed by atoms with van der Waals surface area (Å²) in [5.74, 6) is -0.169. The smallest absolute Gasteiger partial charge is 0.243 e. The van der Waals surface area contributed by atoms with Crippen LogP contribution in [-0.2, 0) is 25.8 Å². The Morgan fingerprint density at radius 2 is 1.96 bits per heavy atom. The third kappa shape index (κ3) is 4.19. The molecule has 2 aromatic heterocycles. The van der Waals surface area contributed by atoms with Crippen molar-refractivity contribution < 1.29 is 22.3 Å². The normalized spacial score (nSPS) is 13.7. The molecule has 0 spiro atoms. The van der Waals surface area contributed by atoms with Gasteiger partial charge < -0.3 is 14.4 Å². The van der Waals surface area contributed by atoms with Gasteiger partial charge in [0.2, 0.25) is 11.8 Å². The number of anilines is 1. The minimum Gasteiger partial charge on any atom is -0.360 e. The van der Waals surface area contributed by atoms with E-state index in [-0.39, 0.29) is 17.1 Å². The number of carbonyl (C=O) groups excluding carboxylic acids is 1. The maximum absolute atomic E-state index is 12.4. The van der Waals surface area contributed by atoms with Crippen LogP contribution in [0.2, 0.25) is 0 Å². The van der Waals surface area contributed by atoms with Gasteiger partial charge in [0, 0.05) is 11.5 Å². The van der Waals surface area contributed by atoms with Crippen LogP contribution in [0.3, 0.4) is 0 Å². The number of hydrogen-bond donors (Lipinski definition) is 1. The largest absolute Gasteiger partial charge is 0.360 e. The van der Waals surface area contributed by atoms with Crippen LogP contribution in [0, 0.1) is 6.92 Å². The van der Waals surface area contributed by atoms with Crippen LogP contribution in [0.5, 0.6) is 0 Å². The summed E-state index contributed by atoms with van der Waals surface area (Å²) in [4.78, 5) is 16.2. The summed E-state index contributed by atoms with van der Waals surface area (Å²) < 4.78 is 34.6. The Kier molecular flexibility index (Phi) is 4.79. The standard InChI is InChI=1S/C14H20N4O5S/c1-8-6-10(17-22-8)15-12(19)9(2)24(20,21)7-11-16-13(23-18-11)14(3,4)5/h6,9H,7H2,1-5H3,(H,15,17,19). The Bertz CT molecular complexity index is 831. The molecule has 0 aliphatic rings. The number of nitrogens with one attached hydrogen (secondary N) is 1. The van der Waals surface area contributed by atoms with Crippen molar-refractivity contribution >= 4 is 21.6 Å². The van der Waals surface area contributed by atoms with E-state index in [2.05, 4.69) is 20.6 Å². The summed E-state index contributed by atoms with van der Waals surface area (Å²) in [7, 11) is -3.81. The van der Waals surface area contributed by atoms with Gasteiger partial charge in [-0.2, -0.15) is 4.98 Å². The topological polar surface area (TPSA) is 128 Å². The fraction of sp³-hybridized carbons (Fsp3) is 0.571. The molecule has 1 unspecified atom stereocenters. The van der Waals surface area contributed by atoms with E-state index in [1.807, 2.05) is 20.8 Å². The second kappa shape index (κ2) is 6.34. The number of sulfone groups is 1. The molecule has 0 saturated heterocycles. The number of aromatic nitrogens is 3. The Hall–Kier alpha value is -2.23. The molecular weight excluding hydrogens is 336 g/mol. The zero-order valence-corrected chi connectivity index (χ0v) is 15.0. The number of nitrogens with zero attached hydrogens (tertiary/aromatic N) is 3. The zero-order chi connectivity index (χ0) is 18.1. The van der Waals surface area contributed by atoms with Crippen molar-refractivity contribution in [1.29, 1.82) is 0 Å². The molecule has 9 nitrogen and oxygen atoms in total. The first-order valence-electron chi connectivity index (χ1n) is 7.28. The molecule has 132 valence electrons. The molecule has 0 aliphatic heterocycles. The summed E-state index contributed by atoms with van der Waals surface area (Å²) in [6.07, 6.45) is 0. The molecule has 0 radical (unpaired) electrons. The fourth-order valence-electron chi connectivity index (χ4n) is 1.74. The Balaban J connectivity index is 2.08. The molecule has 2 heterocycles. The maximum atomic E-state index is 12.4. The first kappa shape index (κ1) is 18.1. The highest BCUT2D eigenvalue weighted by atomic mass is 32.2. The lowest BCUT2D eigenvalue weighted by Crippen LogP contribution is -2.33. The van der Waals surface area contributed by atoms with E-state index >= 15 is 0 Å². The van der Waals surface area contributed by atoms with Crippen LogP contribution in [0.1, 0.15) is 45.2 Å². The van der Waals surface area contributed by atoms with Crippen LogP contribution in [-0.4, -0.2) is 34.9 Å². The second-order valence-corrected chi connectivity index (χ2v) is 8.85. The number of aryl methyl sites for hydroxylation is 1. The van der Waals surface area contributed by atoms with E-state index in [0.29, 0.717) is 11.7 Å². The molecule has 0 bridgehead atoms. The maximum Gasteiger partial charge on any atom is 0.243 e. The van der Waals surface area contributed by atoms with Crippen LogP contribution >= 0.6 is 0 Å². The molecule has 1 atom stereocenters. The third-order valence-corrected chi connectivity index (χ3v) is 5.18. The summed E-state index contributed by atoms with van der Waals surface area (Å²) >= 11 is 0. The van der Waals surface area contributed by atoms with Gasteiger partial charge in [-0.25, -0.2) is 8.42 Å². The highest BCUT2D eigenvalue weighted by molar-refractivity contribution is 7.92. The van der Waals surface area contributed by atoms with Gasteiger partial charge in [-0.3, -0.25) is 4.79 Å². The van der Waals surface area contributed by atoms with E-state index in [9.17, 15) is 13.2 Å². The Morgan fingerprint density at radius 3 is 2.46 bits per heavy atom. The first-order valence-corrected chi connectivity index (χ1v) is 8.99. The van der Waals surface area contributed by atoms with Crippen LogP contribution in [0.4, 0.5) is 5.82 Å². The predicted molar refractivity (Wildman–Crippen MR) is 85.0 cm³/mol. The van der Waals surface area contributed by atoms with Gasteiger partial charge in [0.05, 0.1) is 0 Å². The fourth-order valence-corrected chi connectivity index (χ4v) is 2.85. The van der Waals surface area contributed by atoms with Crippen molar-refractivity contribution in [2.45, 2.75) is 51.0 Å². The number of hydrogen-bond acceptors (Lipinski definition) is 8. The molecule has 24 heavy (non-hydrogen) atoms. The summed E-state index contributed by atoms with van der Waals surface area (Å²) in [6.45, 7) is 8.56. The molecule has 0 saturated carbocycles. The van der Waals surface area contributed by atoms with Crippen molar-refractivity contribution in [2.24, 2.45) is 0 Å². The number of carbonyl (C=O) groups is 1. The summed E-state index contributed by atoms with van der Waals surface area (Å²) in [6, 6.07) is 1.49. The SMILES string of the molecule is Cc1cc(NC(=O)C(C)S(=O)(=O)Cc2noc(C(C)(C)C)n2)no1. The van der Waals surface area contributed by atoms with Crippen LogP contribution < -0.4 is 5.32 Å². The minimum atomic E-state index is -3.81. The molecule has 10 heteroatoms. The van der Waals surface area contributed by atoms with Crippen molar-refractivity contribution in [1.82, 2.24) is 15.3 Å². The highest BCUT2D eigenvalue weighted by Gasteiger charge is 2.31. The third-order valence-electron chi connectivity index (χ3n) is 3.23. The van der Waals surface area contributed by atoms with E-state index in [1.54, 1.807) is 6.92 Å². The average molecular weight is 356 g/mol. The van der Waals surface area contributed by atoms with Gasteiger partial charge >= 0.3 is 0 Å². The molecule has 0 aliphatic carbocycles. The lowest BCUT2D eigenvalue weighted by molar-refractivity contribution is -0.115. The zero-order valence-electron chi connectivity index (χ0n) is 14.2. The van der Waals surface area contributed by atoms with Gasteiger partial charge in [0.25, 0.3) is 0 Å². The van der Waals surface area contributed by atoms with Crippen molar-refractivity contribution in [3.63, 3.8) is 0 Å². The molecule has 2 aromatic rings. The molecule has 2 rings (SSSR count). The summed E-state index contributed by atoms with van der Waals surface area (Å²) in [5.41, 5.74) is -0.386. The monoisotopic (exact) mass is 356 g/mol. The van der Waals surface area contributed by atoms with Gasteiger partial charge in [-0.15, -0.1) is 0 Å². The van der Waals surface area contributed by atoms with Crippen molar-refractivity contribution in [2.75, 3.05) is 5.32 Å². The molecule has 1 N–H and O–H groups in total. The van der Waals surface area contributed by atoms with E-state index in [1.165, 1.54) is 13.0 Å². The highest BCUT2D eigenvalue weighted by Crippen LogP contribution is 2.21. The Morgan fingerprint density at radius 1 is 1.29 bits per heavy atom. The lowest BCUT2D eigenvalue weighted by atomic mass is 9.97. The van der Waals surface area contributed by atoms with E-state index in [0.717, 1.165) is 0 Å². The molecule has 0 aromatic carbocycles. The van der Waals surface area contributed by atoms with Gasteiger partial charge in [0.1, 0.15) is 16.8 Å². The first-order chi connectivity index (χ1) is 11.0. The van der Waals surface area contributed by atoms with Crippen LogP contribution in [0.15, 0.2) is 15.1 Å². The van der Waals surface area contributed by atoms with E-state index < -0.39 is 26.7 Å². The Labute approximate surface area is 139 Å². The minimum absolute atomic E-state index is 0.0249. The van der Waals surface area contributed by atoms with Crippen molar-refractivity contribution in [3.05, 3.63) is 23.5 Å². The molecule has 1 amide bonds. The van der Waals surface area contributed by atoms with Crippen LogP contribution in [0.25, 0.3) is 0 Å². The lowest BCUT2D eigenvalue weighted by Gasteiger charge is -2.11. The van der Waals surface area contributed by atoms with Gasteiger partial charge in [0.15, 0.2) is 21.5 Å². The average Bonchev–Trinajstić information content (AvgIpc) is 3.06. The second-order valence-electron chi connectivity index (χ2n) is 6.53. The van der Waals surface area contributed by atoms with Crippen molar-refractivity contribution in [3.8, 4) is 0 Å². The van der Waals surface area contributed by atoms with Gasteiger partial charge in [-0.1, -0.05) is 31.1 Å². The number of rotatable bonds is 5. The molecule has 0 fully saturated rings. The summed E-state index contributed by atoms with van der Waals surface area (Å²) in [5, 5.41) is 8.36. The predicted octanol–water partition coefficient (Wildman–Crippen LogP) is 1.61.